The number of rotatable bonds is 4. The number of hydrogen-bond donors (Lipinski definition) is 2. The van der Waals surface area contributed by atoms with E-state index in [9.17, 15) is 4.79 Å². The highest BCUT2D eigenvalue weighted by atomic mass is 32.1. The molecule has 3 saturated heterocycles. The number of ether oxygens (including phenoxy) is 1. The second-order valence-corrected chi connectivity index (χ2v) is 12.5. The summed E-state index contributed by atoms with van der Waals surface area (Å²) in [7, 11) is 0. The van der Waals surface area contributed by atoms with Gasteiger partial charge in [-0.25, -0.2) is 9.50 Å². The predicted octanol–water partition coefficient (Wildman–Crippen LogP) is 4.52. The van der Waals surface area contributed by atoms with Crippen molar-refractivity contribution in [2.24, 2.45) is 0 Å². The molecule has 7 rings (SSSR count). The van der Waals surface area contributed by atoms with Gasteiger partial charge in [-0.2, -0.15) is 5.10 Å². The van der Waals surface area contributed by atoms with Gasteiger partial charge < -0.3 is 14.6 Å². The van der Waals surface area contributed by atoms with E-state index >= 15 is 0 Å². The van der Waals surface area contributed by atoms with Crippen LogP contribution in [0, 0.1) is 13.8 Å². The first-order valence-electron chi connectivity index (χ1n) is 13.5. The van der Waals surface area contributed by atoms with Gasteiger partial charge in [-0.3, -0.25) is 10.1 Å². The zero-order chi connectivity index (χ0) is 25.5. The Labute approximate surface area is 220 Å². The van der Waals surface area contributed by atoms with Crippen LogP contribution in [0.4, 0.5) is 0 Å². The van der Waals surface area contributed by atoms with Crippen molar-refractivity contribution in [1.82, 2.24) is 29.8 Å². The summed E-state index contributed by atoms with van der Waals surface area (Å²) in [6.07, 6.45) is 6.75. The molecule has 3 aliphatic rings. The van der Waals surface area contributed by atoms with Crippen molar-refractivity contribution in [3.63, 3.8) is 0 Å². The topological polar surface area (TPSA) is 87.5 Å². The first-order chi connectivity index (χ1) is 17.8. The molecule has 194 valence electrons. The number of fused-ring (bicyclic) bond motifs is 4. The monoisotopic (exact) mass is 518 g/mol. The maximum atomic E-state index is 13.3. The summed E-state index contributed by atoms with van der Waals surface area (Å²) in [5.74, 6) is 1.12. The fourth-order valence-corrected chi connectivity index (χ4v) is 8.27. The van der Waals surface area contributed by atoms with E-state index in [1.54, 1.807) is 6.33 Å². The smallest absolute Gasteiger partial charge is 0.245 e. The van der Waals surface area contributed by atoms with Crippen LogP contribution in [-0.4, -0.2) is 68.3 Å². The molecule has 0 spiro atoms. The standard InChI is InChI=1S/C28H34N6O2S/c1-15(2)21-22-17(4)24(18-5-7-33(8-6-18)27(35)28-10-20(11-30-28)36-13-28)37-26(22)32-23(21)19-9-16(3)25-29-14-31-34(25)12-19/h9,12,14-15,18,20,30,32H,5-8,10-11,13H2,1-4H3. The molecule has 3 aliphatic heterocycles. The van der Waals surface area contributed by atoms with Crippen LogP contribution in [0.25, 0.3) is 27.1 Å². The van der Waals surface area contributed by atoms with Crippen LogP contribution in [-0.2, 0) is 9.53 Å². The normalized spacial score (nSPS) is 24.4. The van der Waals surface area contributed by atoms with Crippen LogP contribution in [0.2, 0.25) is 0 Å². The lowest BCUT2D eigenvalue weighted by Crippen LogP contribution is -2.58. The summed E-state index contributed by atoms with van der Waals surface area (Å²) in [6, 6.07) is 2.21. The van der Waals surface area contributed by atoms with Gasteiger partial charge in [-0.15, -0.1) is 11.3 Å². The summed E-state index contributed by atoms with van der Waals surface area (Å²) < 4.78 is 7.64. The van der Waals surface area contributed by atoms with Gasteiger partial charge in [0.2, 0.25) is 5.91 Å². The molecule has 4 aromatic rings. The average molecular weight is 519 g/mol. The Hall–Kier alpha value is -2.75. The molecule has 2 bridgehead atoms. The molecule has 2 atom stereocenters. The average Bonchev–Trinajstić information content (AvgIpc) is 3.71. The number of carbonyl (C=O) groups is 1. The third kappa shape index (κ3) is 3.51. The Bertz CT molecular complexity index is 1510. The number of hydrogen-bond acceptors (Lipinski definition) is 6. The number of thiophene rings is 1. The van der Waals surface area contributed by atoms with E-state index in [0.29, 0.717) is 18.4 Å². The number of morpholine rings is 1. The Morgan fingerprint density at radius 1 is 1.27 bits per heavy atom. The molecule has 7 heterocycles. The first kappa shape index (κ1) is 23.4. The van der Waals surface area contributed by atoms with E-state index in [2.05, 4.69) is 65.2 Å². The lowest BCUT2D eigenvalue weighted by atomic mass is 9.89. The SMILES string of the molecule is Cc1c(C2CCN(C(=O)C34COC(CN3)C4)CC2)sc2[nH]c(-c3cc(C)c4ncnn4c3)c(C(C)C)c12. The van der Waals surface area contributed by atoms with Crippen LogP contribution in [0.3, 0.4) is 0 Å². The third-order valence-corrected chi connectivity index (χ3v) is 10.1. The minimum Gasteiger partial charge on any atom is -0.374 e. The lowest BCUT2D eigenvalue weighted by molar-refractivity contribution is -0.140. The van der Waals surface area contributed by atoms with Gasteiger partial charge in [0, 0.05) is 48.1 Å². The number of nitrogens with one attached hydrogen (secondary N) is 2. The number of aromatic amines is 1. The van der Waals surface area contributed by atoms with E-state index in [1.807, 2.05) is 15.9 Å². The summed E-state index contributed by atoms with van der Waals surface area (Å²) in [5.41, 5.74) is 6.66. The number of amides is 1. The van der Waals surface area contributed by atoms with E-state index in [1.165, 1.54) is 31.9 Å². The van der Waals surface area contributed by atoms with Gasteiger partial charge in [0.25, 0.3) is 0 Å². The zero-order valence-electron chi connectivity index (χ0n) is 21.9. The van der Waals surface area contributed by atoms with Crippen molar-refractivity contribution in [2.75, 3.05) is 26.2 Å². The molecule has 2 unspecified atom stereocenters. The van der Waals surface area contributed by atoms with E-state index in [4.69, 9.17) is 4.74 Å². The van der Waals surface area contributed by atoms with Crippen molar-refractivity contribution in [3.05, 3.63) is 40.2 Å². The van der Waals surface area contributed by atoms with E-state index in [-0.39, 0.29) is 12.0 Å². The zero-order valence-corrected chi connectivity index (χ0v) is 22.7. The molecule has 9 heteroatoms. The van der Waals surface area contributed by atoms with Crippen LogP contribution in [0.5, 0.6) is 0 Å². The van der Waals surface area contributed by atoms with Crippen molar-refractivity contribution in [1.29, 1.82) is 0 Å². The van der Waals surface area contributed by atoms with Crippen LogP contribution in [0.1, 0.15) is 66.5 Å². The second-order valence-electron chi connectivity index (χ2n) is 11.5. The van der Waals surface area contributed by atoms with E-state index < -0.39 is 5.54 Å². The molecule has 0 aliphatic carbocycles. The van der Waals surface area contributed by atoms with Crippen LogP contribution < -0.4 is 5.32 Å². The van der Waals surface area contributed by atoms with Gasteiger partial charge in [-0.1, -0.05) is 13.8 Å². The van der Waals surface area contributed by atoms with E-state index in [0.717, 1.165) is 55.7 Å². The van der Waals surface area contributed by atoms with Gasteiger partial charge in [0.1, 0.15) is 16.7 Å². The highest BCUT2D eigenvalue weighted by molar-refractivity contribution is 7.19. The third-order valence-electron chi connectivity index (χ3n) is 8.76. The Kier molecular flexibility index (Phi) is 5.29. The molecular formula is C28H34N6O2S. The molecule has 1 amide bonds. The summed E-state index contributed by atoms with van der Waals surface area (Å²) in [5, 5.41) is 9.22. The molecule has 37 heavy (non-hydrogen) atoms. The maximum absolute atomic E-state index is 13.3. The Balaban J connectivity index is 1.18. The highest BCUT2D eigenvalue weighted by Crippen LogP contribution is 2.46. The first-order valence-corrected chi connectivity index (χ1v) is 14.3. The van der Waals surface area contributed by atoms with Gasteiger partial charge in [-0.05, 0) is 61.3 Å². The largest absolute Gasteiger partial charge is 0.374 e. The number of likely N-dealkylation sites (tertiary alicyclic amines) is 1. The fourth-order valence-electron chi connectivity index (χ4n) is 6.88. The Morgan fingerprint density at radius 2 is 2.08 bits per heavy atom. The number of aryl methyl sites for hydroxylation is 2. The molecule has 4 aromatic heterocycles. The summed E-state index contributed by atoms with van der Waals surface area (Å²) in [6.45, 7) is 11.9. The van der Waals surface area contributed by atoms with Crippen molar-refractivity contribution >= 4 is 33.1 Å². The lowest BCUT2D eigenvalue weighted by Gasteiger charge is -2.37. The van der Waals surface area contributed by atoms with Crippen LogP contribution in [0.15, 0.2) is 18.6 Å². The Morgan fingerprint density at radius 3 is 2.76 bits per heavy atom. The van der Waals surface area contributed by atoms with Crippen LogP contribution >= 0.6 is 11.3 Å². The quantitative estimate of drug-likeness (QED) is 0.415. The second kappa shape index (κ2) is 8.38. The number of piperidine rings is 1. The van der Waals surface area contributed by atoms with Gasteiger partial charge in [0.05, 0.1) is 18.4 Å². The van der Waals surface area contributed by atoms with Gasteiger partial charge >= 0.3 is 0 Å². The van der Waals surface area contributed by atoms with Crippen molar-refractivity contribution in [2.45, 2.75) is 70.4 Å². The predicted molar refractivity (Wildman–Crippen MR) is 145 cm³/mol. The maximum Gasteiger partial charge on any atom is 0.245 e. The number of aromatic nitrogens is 4. The number of pyridine rings is 1. The summed E-state index contributed by atoms with van der Waals surface area (Å²) in [4.78, 5) is 26.3. The minimum atomic E-state index is -0.470. The number of carbonyl (C=O) groups excluding carboxylic acids is 1. The van der Waals surface area contributed by atoms with Crippen molar-refractivity contribution in [3.8, 4) is 11.3 Å². The molecular weight excluding hydrogens is 484 g/mol. The molecule has 3 fully saturated rings. The van der Waals surface area contributed by atoms with Crippen molar-refractivity contribution < 1.29 is 9.53 Å². The number of H-pyrrole nitrogens is 1. The fraction of sp³-hybridized carbons (Fsp3) is 0.536. The molecule has 0 radical (unpaired) electrons. The summed E-state index contributed by atoms with van der Waals surface area (Å²) >= 11 is 1.91. The number of nitrogens with zero attached hydrogens (tertiary/aromatic N) is 4. The van der Waals surface area contributed by atoms with Gasteiger partial charge in [0.15, 0.2) is 5.65 Å². The molecule has 8 nitrogen and oxygen atoms in total. The highest BCUT2D eigenvalue weighted by Gasteiger charge is 2.53. The molecule has 0 aromatic carbocycles. The minimum absolute atomic E-state index is 0.209. The molecule has 0 saturated carbocycles. The molecule has 2 N–H and O–H groups in total.